The molecule has 2 aromatic carbocycles. The van der Waals surface area contributed by atoms with E-state index in [9.17, 15) is 19.5 Å². The Morgan fingerprint density at radius 2 is 1.94 bits per heavy atom. The van der Waals surface area contributed by atoms with Gasteiger partial charge in [-0.15, -0.1) is 0 Å². The summed E-state index contributed by atoms with van der Waals surface area (Å²) in [5.74, 6) is -0.528. The SMILES string of the molecule is CC(C)[C@H](O)C(=O)CC1Cc2ccc3c(c2)[C@@]2(c4ccccc4NC2O3)c2oc(nc2-c2nc(COC=O)co2)[C@H](C(C)C)NC1=O. The molecule has 0 saturated heterocycles. The zero-order chi connectivity index (χ0) is 33.0. The molecule has 3 aliphatic heterocycles. The maximum atomic E-state index is 14.0. The number of ether oxygens (including phenoxy) is 2. The normalized spacial score (nSPS) is 23.1. The van der Waals surface area contributed by atoms with Crippen molar-refractivity contribution in [3.63, 3.8) is 0 Å². The summed E-state index contributed by atoms with van der Waals surface area (Å²) in [5, 5.41) is 17.2. The van der Waals surface area contributed by atoms with Gasteiger partial charge < -0.3 is 34.0 Å². The highest BCUT2D eigenvalue weighted by atomic mass is 16.5. The number of anilines is 1. The van der Waals surface area contributed by atoms with Crippen molar-refractivity contribution in [2.24, 2.45) is 17.8 Å². The topological polar surface area (TPSA) is 166 Å². The van der Waals surface area contributed by atoms with Crippen LogP contribution in [0.2, 0.25) is 0 Å². The van der Waals surface area contributed by atoms with E-state index in [2.05, 4.69) is 15.6 Å². The number of hydrogen-bond donors (Lipinski definition) is 3. The third-order valence-corrected chi connectivity index (χ3v) is 9.29. The zero-order valence-electron chi connectivity index (χ0n) is 26.5. The molecule has 7 rings (SSSR count). The smallest absolute Gasteiger partial charge is 0.293 e. The van der Waals surface area contributed by atoms with Crippen molar-refractivity contribution in [2.75, 3.05) is 5.32 Å². The minimum Gasteiger partial charge on any atom is -0.469 e. The van der Waals surface area contributed by atoms with Gasteiger partial charge in [-0.05, 0) is 41.5 Å². The van der Waals surface area contributed by atoms with E-state index in [-0.39, 0.29) is 54.8 Å². The van der Waals surface area contributed by atoms with Crippen molar-refractivity contribution in [1.29, 1.82) is 0 Å². The summed E-state index contributed by atoms with van der Waals surface area (Å²) in [6, 6.07) is 13.0. The molecular formula is C35H36N4O8. The van der Waals surface area contributed by atoms with Crippen LogP contribution in [0.3, 0.4) is 0 Å². The Hall–Kier alpha value is -4.97. The summed E-state index contributed by atoms with van der Waals surface area (Å²) >= 11 is 0. The molecule has 0 aliphatic carbocycles. The number of aromatic nitrogens is 2. The van der Waals surface area contributed by atoms with E-state index in [1.54, 1.807) is 13.8 Å². The van der Waals surface area contributed by atoms with Gasteiger partial charge in [0.15, 0.2) is 23.5 Å². The lowest BCUT2D eigenvalue weighted by Crippen LogP contribution is -2.41. The Morgan fingerprint density at radius 3 is 2.70 bits per heavy atom. The molecule has 47 heavy (non-hydrogen) atoms. The van der Waals surface area contributed by atoms with Crippen LogP contribution in [0.4, 0.5) is 5.69 Å². The number of benzene rings is 2. The molecule has 12 nitrogen and oxygen atoms in total. The number of fused-ring (bicyclic) bond motifs is 4. The maximum absolute atomic E-state index is 14.0. The molecule has 12 heteroatoms. The summed E-state index contributed by atoms with van der Waals surface area (Å²) in [7, 11) is 0. The molecule has 3 N–H and O–H groups in total. The predicted octanol–water partition coefficient (Wildman–Crippen LogP) is 4.44. The summed E-state index contributed by atoms with van der Waals surface area (Å²) in [5.41, 5.74) is 3.03. The van der Waals surface area contributed by atoms with Gasteiger partial charge in [0, 0.05) is 23.6 Å². The molecule has 5 atom stereocenters. The van der Waals surface area contributed by atoms with E-state index in [0.717, 1.165) is 22.4 Å². The Bertz CT molecular complexity index is 1860. The van der Waals surface area contributed by atoms with Crippen LogP contribution >= 0.6 is 0 Å². The number of Topliss-reactive ketones (excluding diaryl/α,β-unsaturated/α-hetero) is 1. The summed E-state index contributed by atoms with van der Waals surface area (Å²) in [6.07, 6.45) is -0.275. The van der Waals surface area contributed by atoms with Gasteiger partial charge >= 0.3 is 0 Å². The number of nitrogens with zero attached hydrogens (tertiary/aromatic N) is 2. The van der Waals surface area contributed by atoms with Gasteiger partial charge in [0.05, 0.1) is 0 Å². The van der Waals surface area contributed by atoms with Gasteiger partial charge in [-0.3, -0.25) is 14.4 Å². The Labute approximate surface area is 270 Å². The second-order valence-corrected chi connectivity index (χ2v) is 13.1. The van der Waals surface area contributed by atoms with Crippen molar-refractivity contribution >= 4 is 23.9 Å². The molecule has 2 unspecified atom stereocenters. The number of carbonyl (C=O) groups is 3. The lowest BCUT2D eigenvalue weighted by Gasteiger charge is -2.28. The van der Waals surface area contributed by atoms with Crippen LogP contribution in [-0.4, -0.2) is 45.6 Å². The van der Waals surface area contributed by atoms with Gasteiger partial charge in [0.25, 0.3) is 6.47 Å². The molecule has 1 spiro atoms. The molecular weight excluding hydrogens is 604 g/mol. The Morgan fingerprint density at radius 1 is 1.13 bits per heavy atom. The summed E-state index contributed by atoms with van der Waals surface area (Å²) < 4.78 is 24.2. The highest BCUT2D eigenvalue weighted by Crippen LogP contribution is 2.59. The average Bonchev–Trinajstić information content (AvgIpc) is 3.82. The number of carbonyl (C=O) groups excluding carboxylic acids is 3. The number of aliphatic hydroxyl groups excluding tert-OH is 1. The van der Waals surface area contributed by atoms with Crippen LogP contribution < -0.4 is 15.4 Å². The number of aliphatic hydroxyl groups is 1. The first-order chi connectivity index (χ1) is 22.6. The third kappa shape index (κ3) is 4.98. The number of nitrogens with one attached hydrogen (secondary N) is 2. The molecule has 0 radical (unpaired) electrons. The number of hydrogen-bond acceptors (Lipinski definition) is 11. The highest BCUT2D eigenvalue weighted by molar-refractivity contribution is 5.89. The molecule has 5 heterocycles. The molecule has 0 saturated carbocycles. The largest absolute Gasteiger partial charge is 0.469 e. The average molecular weight is 641 g/mol. The monoisotopic (exact) mass is 640 g/mol. The van der Waals surface area contributed by atoms with E-state index in [4.69, 9.17) is 23.3 Å². The van der Waals surface area contributed by atoms with Crippen LogP contribution in [0.5, 0.6) is 5.75 Å². The van der Waals surface area contributed by atoms with E-state index in [1.165, 1.54) is 6.26 Å². The second-order valence-electron chi connectivity index (χ2n) is 13.1. The number of para-hydroxylation sites is 1. The van der Waals surface area contributed by atoms with Gasteiger partial charge in [-0.25, -0.2) is 9.97 Å². The van der Waals surface area contributed by atoms with Crippen molar-refractivity contribution < 1.29 is 37.8 Å². The molecule has 244 valence electrons. The Balaban J connectivity index is 1.46. The minimum atomic E-state index is -1.18. The van der Waals surface area contributed by atoms with E-state index in [1.807, 2.05) is 56.3 Å². The van der Waals surface area contributed by atoms with E-state index in [0.29, 0.717) is 29.4 Å². The van der Waals surface area contributed by atoms with Gasteiger partial charge in [-0.2, -0.15) is 0 Å². The number of oxazole rings is 2. The van der Waals surface area contributed by atoms with Crippen LogP contribution in [0, 0.1) is 17.8 Å². The fourth-order valence-electron chi connectivity index (χ4n) is 6.90. The predicted molar refractivity (Wildman–Crippen MR) is 167 cm³/mol. The number of ketones is 1. The molecule has 1 amide bonds. The van der Waals surface area contributed by atoms with Crippen LogP contribution in [-0.2, 0) is 37.6 Å². The van der Waals surface area contributed by atoms with Crippen LogP contribution in [0.25, 0.3) is 11.6 Å². The van der Waals surface area contributed by atoms with Crippen LogP contribution in [0.1, 0.15) is 74.2 Å². The standard InChI is InChI=1S/C35H36N4O8/c1-17(2)27-33-39-28(32-36-21(15-45-32)14-44-16-40)30(47-33)35-22-7-5-6-8-24(22)37-34(35)46-26-10-9-19(12-23(26)35)11-20(31(43)38-27)13-25(41)29(42)18(3)4/h5-10,12,15-18,20,27,29,34,37,42H,11,13-14H2,1-4H3,(H,38,43)/t20?,27-,29-,34?,35-/m0/s1. The summed E-state index contributed by atoms with van der Waals surface area (Å²) in [6.45, 7) is 7.67. The number of amides is 1. The molecule has 3 aliphatic rings. The highest BCUT2D eigenvalue weighted by Gasteiger charge is 2.61. The fourth-order valence-corrected chi connectivity index (χ4v) is 6.90. The fraction of sp³-hybridized carbons (Fsp3) is 0.400. The Kier molecular flexibility index (Phi) is 7.62. The first kappa shape index (κ1) is 30.7. The quantitative estimate of drug-likeness (QED) is 0.221. The first-order valence-electron chi connectivity index (χ1n) is 15.8. The third-order valence-electron chi connectivity index (χ3n) is 9.29. The van der Waals surface area contributed by atoms with Crippen molar-refractivity contribution in [1.82, 2.24) is 15.3 Å². The van der Waals surface area contributed by atoms with E-state index >= 15 is 0 Å². The van der Waals surface area contributed by atoms with Crippen LogP contribution in [0.15, 0.2) is 57.6 Å². The summed E-state index contributed by atoms with van der Waals surface area (Å²) in [4.78, 5) is 47.5. The van der Waals surface area contributed by atoms with Crippen molar-refractivity contribution in [2.45, 2.75) is 70.9 Å². The molecule has 4 aromatic rings. The molecule has 4 bridgehead atoms. The van der Waals surface area contributed by atoms with Gasteiger partial charge in [0.2, 0.25) is 17.7 Å². The van der Waals surface area contributed by atoms with E-state index < -0.39 is 29.7 Å². The lowest BCUT2D eigenvalue weighted by molar-refractivity contribution is -0.135. The van der Waals surface area contributed by atoms with Crippen molar-refractivity contribution in [3.05, 3.63) is 82.8 Å². The maximum Gasteiger partial charge on any atom is 0.293 e. The van der Waals surface area contributed by atoms with Gasteiger partial charge in [-0.1, -0.05) is 58.0 Å². The number of rotatable bonds is 9. The minimum absolute atomic E-state index is 0.0865. The van der Waals surface area contributed by atoms with Crippen molar-refractivity contribution in [3.8, 4) is 17.3 Å². The second kappa shape index (κ2) is 11.7. The van der Waals surface area contributed by atoms with Gasteiger partial charge in [0.1, 0.15) is 41.9 Å². The zero-order valence-corrected chi connectivity index (χ0v) is 26.5. The molecule has 2 aromatic heterocycles. The molecule has 0 fully saturated rings. The lowest BCUT2D eigenvalue weighted by atomic mass is 9.72. The first-order valence-corrected chi connectivity index (χ1v) is 15.8.